The van der Waals surface area contributed by atoms with E-state index < -0.39 is 0 Å². The van der Waals surface area contributed by atoms with Gasteiger partial charge < -0.3 is 14.2 Å². The molecule has 0 spiro atoms. The average Bonchev–Trinajstić information content (AvgIpc) is 2.53. The minimum absolute atomic E-state index is 0.557. The van der Waals surface area contributed by atoms with Gasteiger partial charge in [0, 0.05) is 10.0 Å². The van der Waals surface area contributed by atoms with E-state index in [-0.39, 0.29) is 0 Å². The number of nitrogens with zero attached hydrogens (tertiary/aromatic N) is 1. The molecule has 0 aromatic heterocycles. The fourth-order valence-electron chi connectivity index (χ4n) is 1.92. The molecule has 0 heterocycles. The fourth-order valence-corrected chi connectivity index (χ4v) is 2.31. The largest absolute Gasteiger partial charge is 0.493 e. The Labute approximate surface area is 138 Å². The van der Waals surface area contributed by atoms with Gasteiger partial charge in [-0.3, -0.25) is 5.43 Å². The molecule has 116 valence electrons. The van der Waals surface area contributed by atoms with Crippen molar-refractivity contribution in [1.29, 1.82) is 0 Å². The van der Waals surface area contributed by atoms with Crippen LogP contribution in [0.5, 0.6) is 17.2 Å². The van der Waals surface area contributed by atoms with Gasteiger partial charge in [-0.15, -0.1) is 0 Å². The van der Waals surface area contributed by atoms with Crippen molar-refractivity contribution in [2.24, 2.45) is 5.10 Å². The first kappa shape index (κ1) is 16.2. The summed E-state index contributed by atoms with van der Waals surface area (Å²) in [6.45, 7) is 0. The highest BCUT2D eigenvalue weighted by Gasteiger charge is 2.12. The van der Waals surface area contributed by atoms with Crippen LogP contribution < -0.4 is 19.6 Å². The number of ether oxygens (including phenoxy) is 3. The zero-order chi connectivity index (χ0) is 15.9. The number of hydrogen-bond donors (Lipinski definition) is 1. The molecule has 0 fully saturated rings. The van der Waals surface area contributed by atoms with E-state index in [1.54, 1.807) is 27.5 Å². The Morgan fingerprint density at radius 3 is 2.23 bits per heavy atom. The highest BCUT2D eigenvalue weighted by molar-refractivity contribution is 9.10. The highest BCUT2D eigenvalue weighted by Crippen LogP contribution is 2.37. The monoisotopic (exact) mass is 364 g/mol. The topological polar surface area (TPSA) is 52.1 Å². The summed E-state index contributed by atoms with van der Waals surface area (Å²) in [4.78, 5) is 0. The molecule has 0 radical (unpaired) electrons. The van der Waals surface area contributed by atoms with Gasteiger partial charge in [0.1, 0.15) is 0 Å². The Hall–Kier alpha value is -2.21. The third kappa shape index (κ3) is 3.92. The van der Waals surface area contributed by atoms with E-state index in [0.717, 1.165) is 15.7 Å². The second kappa shape index (κ2) is 7.70. The normalized spacial score (nSPS) is 10.5. The zero-order valence-electron chi connectivity index (χ0n) is 12.6. The maximum absolute atomic E-state index is 5.31. The second-order valence-electron chi connectivity index (χ2n) is 4.34. The molecule has 0 saturated heterocycles. The molecule has 22 heavy (non-hydrogen) atoms. The van der Waals surface area contributed by atoms with Crippen LogP contribution in [0.2, 0.25) is 0 Å². The Balaban J connectivity index is 2.20. The molecule has 0 aliphatic heterocycles. The lowest BCUT2D eigenvalue weighted by atomic mass is 10.2. The van der Waals surface area contributed by atoms with Crippen LogP contribution in [0.1, 0.15) is 5.56 Å². The maximum atomic E-state index is 5.31. The molecule has 0 saturated carbocycles. The van der Waals surface area contributed by atoms with Crippen LogP contribution in [0.3, 0.4) is 0 Å². The number of nitrogens with one attached hydrogen (secondary N) is 1. The third-order valence-electron chi connectivity index (χ3n) is 2.92. The molecular weight excluding hydrogens is 348 g/mol. The molecule has 0 unspecified atom stereocenters. The van der Waals surface area contributed by atoms with Gasteiger partial charge in [0.05, 0.1) is 33.2 Å². The lowest BCUT2D eigenvalue weighted by molar-refractivity contribution is 0.324. The third-order valence-corrected chi connectivity index (χ3v) is 3.41. The van der Waals surface area contributed by atoms with Crippen LogP contribution in [0, 0.1) is 0 Å². The van der Waals surface area contributed by atoms with Crippen molar-refractivity contribution in [1.82, 2.24) is 0 Å². The quantitative estimate of drug-likeness (QED) is 0.623. The SMILES string of the molecule is COc1cc(/C=N/Nc2cccc(Br)c2)cc(OC)c1OC. The van der Waals surface area contributed by atoms with Crippen LogP contribution in [-0.4, -0.2) is 27.5 Å². The van der Waals surface area contributed by atoms with Gasteiger partial charge in [0.15, 0.2) is 11.5 Å². The van der Waals surface area contributed by atoms with Gasteiger partial charge in [-0.1, -0.05) is 22.0 Å². The predicted octanol–water partition coefficient (Wildman–Crippen LogP) is 3.92. The summed E-state index contributed by atoms with van der Waals surface area (Å²) in [6, 6.07) is 11.4. The molecule has 1 N–H and O–H groups in total. The van der Waals surface area contributed by atoms with Crippen LogP contribution in [0.4, 0.5) is 5.69 Å². The van der Waals surface area contributed by atoms with Crippen molar-refractivity contribution < 1.29 is 14.2 Å². The average molecular weight is 365 g/mol. The summed E-state index contributed by atoms with van der Waals surface area (Å²) in [5, 5.41) is 4.21. The fraction of sp³-hybridized carbons (Fsp3) is 0.188. The molecule has 5 nitrogen and oxygen atoms in total. The Morgan fingerprint density at radius 2 is 1.68 bits per heavy atom. The first-order chi connectivity index (χ1) is 10.7. The van der Waals surface area contributed by atoms with E-state index in [0.29, 0.717) is 17.2 Å². The number of benzene rings is 2. The molecule has 2 aromatic carbocycles. The molecule has 0 aliphatic rings. The van der Waals surface area contributed by atoms with E-state index in [1.165, 1.54) is 0 Å². The number of hydrazone groups is 1. The molecule has 6 heteroatoms. The van der Waals surface area contributed by atoms with E-state index in [1.807, 2.05) is 36.4 Å². The van der Waals surface area contributed by atoms with E-state index in [4.69, 9.17) is 14.2 Å². The standard InChI is InChI=1S/C16H17BrN2O3/c1-20-14-7-11(8-15(21-2)16(14)22-3)10-18-19-13-6-4-5-12(17)9-13/h4-10,19H,1-3H3/b18-10+. The van der Waals surface area contributed by atoms with Gasteiger partial charge >= 0.3 is 0 Å². The Kier molecular flexibility index (Phi) is 5.66. The number of anilines is 1. The minimum atomic E-state index is 0.557. The van der Waals surface area contributed by atoms with E-state index >= 15 is 0 Å². The Morgan fingerprint density at radius 1 is 1.00 bits per heavy atom. The summed E-state index contributed by atoms with van der Waals surface area (Å²) in [6.07, 6.45) is 1.69. The summed E-state index contributed by atoms with van der Waals surface area (Å²) in [5.74, 6) is 1.73. The molecule has 0 aliphatic carbocycles. The van der Waals surface area contributed by atoms with Crippen LogP contribution in [0.15, 0.2) is 46.0 Å². The van der Waals surface area contributed by atoms with Crippen LogP contribution >= 0.6 is 15.9 Å². The molecule has 0 bridgehead atoms. The van der Waals surface area contributed by atoms with Crippen molar-refractivity contribution in [2.45, 2.75) is 0 Å². The number of rotatable bonds is 6. The molecule has 2 rings (SSSR count). The number of methoxy groups -OCH3 is 3. The van der Waals surface area contributed by atoms with Crippen molar-refractivity contribution >= 4 is 27.8 Å². The molecule has 2 aromatic rings. The number of hydrogen-bond acceptors (Lipinski definition) is 5. The second-order valence-corrected chi connectivity index (χ2v) is 5.25. The van der Waals surface area contributed by atoms with Gasteiger partial charge in [-0.05, 0) is 30.3 Å². The van der Waals surface area contributed by atoms with Gasteiger partial charge in [-0.25, -0.2) is 0 Å². The minimum Gasteiger partial charge on any atom is -0.493 e. The Bertz CT molecular complexity index is 649. The first-order valence-corrected chi connectivity index (χ1v) is 7.32. The van der Waals surface area contributed by atoms with Crippen molar-refractivity contribution in [3.8, 4) is 17.2 Å². The van der Waals surface area contributed by atoms with E-state index in [9.17, 15) is 0 Å². The predicted molar refractivity (Wildman–Crippen MR) is 91.5 cm³/mol. The summed E-state index contributed by atoms with van der Waals surface area (Å²) in [7, 11) is 4.73. The van der Waals surface area contributed by atoms with Crippen molar-refractivity contribution in [3.63, 3.8) is 0 Å². The maximum Gasteiger partial charge on any atom is 0.203 e. The summed E-state index contributed by atoms with van der Waals surface area (Å²) in [5.41, 5.74) is 4.68. The van der Waals surface area contributed by atoms with Gasteiger partial charge in [0.2, 0.25) is 5.75 Å². The van der Waals surface area contributed by atoms with Crippen molar-refractivity contribution in [3.05, 3.63) is 46.4 Å². The lowest BCUT2D eigenvalue weighted by Gasteiger charge is -2.12. The van der Waals surface area contributed by atoms with Crippen LogP contribution in [0.25, 0.3) is 0 Å². The first-order valence-electron chi connectivity index (χ1n) is 6.52. The van der Waals surface area contributed by atoms with E-state index in [2.05, 4.69) is 26.5 Å². The van der Waals surface area contributed by atoms with Crippen molar-refractivity contribution in [2.75, 3.05) is 26.8 Å². The lowest BCUT2D eigenvalue weighted by Crippen LogP contribution is -1.97. The smallest absolute Gasteiger partial charge is 0.203 e. The number of halogens is 1. The van der Waals surface area contributed by atoms with Crippen LogP contribution in [-0.2, 0) is 0 Å². The zero-order valence-corrected chi connectivity index (χ0v) is 14.2. The summed E-state index contributed by atoms with van der Waals surface area (Å²) >= 11 is 3.41. The van der Waals surface area contributed by atoms with Gasteiger partial charge in [-0.2, -0.15) is 5.10 Å². The summed E-state index contributed by atoms with van der Waals surface area (Å²) < 4.78 is 16.9. The van der Waals surface area contributed by atoms with Gasteiger partial charge in [0.25, 0.3) is 0 Å². The molecule has 0 amide bonds. The highest BCUT2D eigenvalue weighted by atomic mass is 79.9. The molecular formula is C16H17BrN2O3. The molecule has 0 atom stereocenters.